The van der Waals surface area contributed by atoms with Crippen LogP contribution in [0.2, 0.25) is 0 Å². The van der Waals surface area contributed by atoms with Gasteiger partial charge in [-0.25, -0.2) is 9.67 Å². The van der Waals surface area contributed by atoms with Crippen LogP contribution >= 0.6 is 0 Å². The molecule has 0 saturated heterocycles. The van der Waals surface area contributed by atoms with E-state index >= 15 is 0 Å². The van der Waals surface area contributed by atoms with Gasteiger partial charge < -0.3 is 9.47 Å². The number of pyridine rings is 1. The van der Waals surface area contributed by atoms with Crippen LogP contribution < -0.4 is 9.47 Å². The SMILES string of the molecule is COc1ccc2c(n1)c(OC(F)(F)F)nn2C(c1ccccc1)(c1ccccc1)c1ccccc1. The predicted octanol–water partition coefficient (Wildman–Crippen LogP) is 6.18. The molecular formula is C27H20F3N3O2. The van der Waals surface area contributed by atoms with Gasteiger partial charge in [-0.2, -0.15) is 0 Å². The molecule has 5 rings (SSSR count). The van der Waals surface area contributed by atoms with Crippen LogP contribution in [-0.4, -0.2) is 28.2 Å². The number of alkyl halides is 3. The molecule has 2 aromatic heterocycles. The first kappa shape index (κ1) is 22.5. The Morgan fingerprint density at radius 1 is 0.686 bits per heavy atom. The molecule has 35 heavy (non-hydrogen) atoms. The monoisotopic (exact) mass is 475 g/mol. The van der Waals surface area contributed by atoms with Gasteiger partial charge in [0.15, 0.2) is 5.52 Å². The molecule has 2 heterocycles. The summed E-state index contributed by atoms with van der Waals surface area (Å²) in [5.74, 6) is -0.507. The number of nitrogens with zero attached hydrogens (tertiary/aromatic N) is 3. The maximum absolute atomic E-state index is 13.4. The summed E-state index contributed by atoms with van der Waals surface area (Å²) < 4.78 is 51.3. The minimum atomic E-state index is -4.95. The van der Waals surface area contributed by atoms with Crippen molar-refractivity contribution in [2.75, 3.05) is 7.11 Å². The highest BCUT2D eigenvalue weighted by Crippen LogP contribution is 2.44. The van der Waals surface area contributed by atoms with Gasteiger partial charge in [-0.1, -0.05) is 91.0 Å². The first-order valence-corrected chi connectivity index (χ1v) is 10.8. The van der Waals surface area contributed by atoms with Gasteiger partial charge in [0, 0.05) is 6.07 Å². The summed E-state index contributed by atoms with van der Waals surface area (Å²) in [7, 11) is 1.39. The van der Waals surface area contributed by atoms with Gasteiger partial charge in [0.25, 0.3) is 5.88 Å². The van der Waals surface area contributed by atoms with Crippen molar-refractivity contribution in [3.63, 3.8) is 0 Å². The Hall–Kier alpha value is -4.33. The normalized spacial score (nSPS) is 12.0. The zero-order valence-electron chi connectivity index (χ0n) is 18.6. The number of methoxy groups -OCH3 is 1. The minimum Gasteiger partial charge on any atom is -0.481 e. The lowest BCUT2D eigenvalue weighted by molar-refractivity contribution is -0.275. The van der Waals surface area contributed by atoms with Crippen LogP contribution in [0.4, 0.5) is 13.2 Å². The Bertz CT molecular complexity index is 1340. The molecule has 176 valence electrons. The Morgan fingerprint density at radius 3 is 1.60 bits per heavy atom. The van der Waals surface area contributed by atoms with Gasteiger partial charge in [0.2, 0.25) is 5.88 Å². The van der Waals surface area contributed by atoms with Crippen molar-refractivity contribution in [1.82, 2.24) is 14.8 Å². The molecule has 0 fully saturated rings. The van der Waals surface area contributed by atoms with Crippen LogP contribution in [0.25, 0.3) is 11.0 Å². The van der Waals surface area contributed by atoms with E-state index in [0.717, 1.165) is 16.7 Å². The molecule has 5 nitrogen and oxygen atoms in total. The van der Waals surface area contributed by atoms with E-state index in [2.05, 4.69) is 14.8 Å². The van der Waals surface area contributed by atoms with Crippen molar-refractivity contribution in [3.8, 4) is 11.8 Å². The second kappa shape index (κ2) is 8.79. The van der Waals surface area contributed by atoms with E-state index in [1.165, 1.54) is 7.11 Å². The maximum Gasteiger partial charge on any atom is 0.574 e. The fraction of sp³-hybridized carbons (Fsp3) is 0.111. The van der Waals surface area contributed by atoms with Crippen LogP contribution in [0.1, 0.15) is 16.7 Å². The van der Waals surface area contributed by atoms with E-state index in [-0.39, 0.29) is 11.4 Å². The second-order valence-corrected chi connectivity index (χ2v) is 7.79. The van der Waals surface area contributed by atoms with Gasteiger partial charge in [-0.3, -0.25) is 0 Å². The number of ether oxygens (including phenoxy) is 2. The third kappa shape index (κ3) is 3.97. The molecule has 0 N–H and O–H groups in total. The summed E-state index contributed by atoms with van der Waals surface area (Å²) >= 11 is 0. The molecular weight excluding hydrogens is 455 g/mol. The number of halogens is 3. The Kier molecular flexibility index (Phi) is 5.64. The van der Waals surface area contributed by atoms with Crippen LogP contribution in [0, 0.1) is 0 Å². The Labute approximate surface area is 199 Å². The highest BCUT2D eigenvalue weighted by Gasteiger charge is 2.42. The molecule has 0 aliphatic heterocycles. The minimum absolute atomic E-state index is 0.0613. The maximum atomic E-state index is 13.4. The predicted molar refractivity (Wildman–Crippen MR) is 125 cm³/mol. The van der Waals surface area contributed by atoms with Crippen molar-refractivity contribution in [3.05, 3.63) is 120 Å². The standard InChI is InChI=1S/C27H20F3N3O2/c1-34-23-18-17-22-24(31-23)25(35-27(28,29)30)32-33(22)26(19-11-5-2-6-12-19,20-13-7-3-8-14-20)21-15-9-4-10-16-21/h2-18H,1H3. The number of rotatable bonds is 6. The van der Waals surface area contributed by atoms with Crippen molar-refractivity contribution >= 4 is 11.0 Å². The molecule has 0 amide bonds. The largest absolute Gasteiger partial charge is 0.574 e. The molecule has 5 aromatic rings. The summed E-state index contributed by atoms with van der Waals surface area (Å²) in [6, 6.07) is 31.7. The molecule has 0 radical (unpaired) electrons. The third-order valence-electron chi connectivity index (χ3n) is 5.78. The van der Waals surface area contributed by atoms with Gasteiger partial charge in [-0.15, -0.1) is 18.3 Å². The lowest BCUT2D eigenvalue weighted by atomic mass is 9.77. The summed E-state index contributed by atoms with van der Waals surface area (Å²) in [5.41, 5.74) is 1.56. The van der Waals surface area contributed by atoms with Crippen LogP contribution in [0.5, 0.6) is 11.8 Å². The Morgan fingerprint density at radius 2 is 1.17 bits per heavy atom. The average molecular weight is 475 g/mol. The van der Waals surface area contributed by atoms with Gasteiger partial charge in [0.05, 0.1) is 12.6 Å². The summed E-state index contributed by atoms with van der Waals surface area (Å²) in [6.45, 7) is 0. The summed E-state index contributed by atoms with van der Waals surface area (Å²) in [4.78, 5) is 4.26. The molecule has 0 bridgehead atoms. The van der Waals surface area contributed by atoms with E-state index in [9.17, 15) is 13.2 Å². The quantitative estimate of drug-likeness (QED) is 0.275. The highest BCUT2D eigenvalue weighted by molar-refractivity contribution is 5.82. The third-order valence-corrected chi connectivity index (χ3v) is 5.78. The van der Waals surface area contributed by atoms with Crippen LogP contribution in [0.3, 0.4) is 0 Å². The fourth-order valence-electron chi connectivity index (χ4n) is 4.41. The molecule has 0 atom stereocenters. The van der Waals surface area contributed by atoms with Crippen molar-refractivity contribution < 1.29 is 22.6 Å². The summed E-state index contributed by atoms with van der Waals surface area (Å²) in [6.07, 6.45) is -4.95. The molecule has 0 spiro atoms. The second-order valence-electron chi connectivity index (χ2n) is 7.79. The van der Waals surface area contributed by atoms with Gasteiger partial charge in [0.1, 0.15) is 5.54 Å². The highest BCUT2D eigenvalue weighted by atomic mass is 19.4. The van der Waals surface area contributed by atoms with E-state index in [1.54, 1.807) is 16.8 Å². The number of aromatic nitrogens is 3. The topological polar surface area (TPSA) is 49.2 Å². The number of fused-ring (bicyclic) bond motifs is 1. The zero-order chi connectivity index (χ0) is 24.5. The average Bonchev–Trinajstić information content (AvgIpc) is 3.22. The Balaban J connectivity index is 1.94. The molecule has 0 saturated carbocycles. The molecule has 3 aromatic carbocycles. The first-order valence-electron chi connectivity index (χ1n) is 10.8. The fourth-order valence-corrected chi connectivity index (χ4v) is 4.41. The van der Waals surface area contributed by atoms with E-state index < -0.39 is 17.8 Å². The molecule has 0 aliphatic rings. The van der Waals surface area contributed by atoms with Crippen molar-refractivity contribution in [2.24, 2.45) is 0 Å². The molecule has 8 heteroatoms. The molecule has 0 unspecified atom stereocenters. The lowest BCUT2D eigenvalue weighted by Gasteiger charge is -2.36. The van der Waals surface area contributed by atoms with Crippen molar-refractivity contribution in [2.45, 2.75) is 11.9 Å². The number of hydrogen-bond acceptors (Lipinski definition) is 4. The van der Waals surface area contributed by atoms with E-state index in [0.29, 0.717) is 5.52 Å². The number of hydrogen-bond donors (Lipinski definition) is 0. The van der Waals surface area contributed by atoms with Gasteiger partial charge >= 0.3 is 6.36 Å². The van der Waals surface area contributed by atoms with Gasteiger partial charge in [-0.05, 0) is 22.8 Å². The lowest BCUT2D eigenvalue weighted by Crippen LogP contribution is -2.38. The smallest absolute Gasteiger partial charge is 0.481 e. The zero-order valence-corrected chi connectivity index (χ0v) is 18.6. The number of benzene rings is 3. The van der Waals surface area contributed by atoms with Crippen molar-refractivity contribution in [1.29, 1.82) is 0 Å². The first-order chi connectivity index (χ1) is 16.9. The molecule has 0 aliphatic carbocycles. The van der Waals surface area contributed by atoms with Crippen LogP contribution in [0.15, 0.2) is 103 Å². The van der Waals surface area contributed by atoms with E-state index in [1.807, 2.05) is 91.0 Å². The summed E-state index contributed by atoms with van der Waals surface area (Å²) in [5, 5.41) is 4.41. The van der Waals surface area contributed by atoms with Crippen LogP contribution in [-0.2, 0) is 5.54 Å². The van der Waals surface area contributed by atoms with E-state index in [4.69, 9.17) is 4.74 Å².